The lowest BCUT2D eigenvalue weighted by molar-refractivity contribution is -0.140. The number of rotatable bonds is 3. The summed E-state index contributed by atoms with van der Waals surface area (Å²) in [6.45, 7) is 4.71. The Bertz CT molecular complexity index is 996. The number of amides is 2. The standard InChI is InChI=1S/C27H34ClFN2O2/c1-26-12-9-20-18(4-8-23-27(20,2)13-10-24(32)31-23)19(26)5-6-21(26)25(33)30-14-11-16-15-17(28)3-7-22(16)29/h3,7,14-15,18-21,23H,4-6,8-13H2,1-2H3,(H,31,32)/t18-,19-,20+,21?,23?,26-,27+/m0/s1. The van der Waals surface area contributed by atoms with Gasteiger partial charge in [-0.1, -0.05) is 25.4 Å². The highest BCUT2D eigenvalue weighted by Crippen LogP contribution is 2.65. The molecule has 3 aliphatic carbocycles. The molecule has 0 bridgehead atoms. The van der Waals surface area contributed by atoms with E-state index < -0.39 is 0 Å². The fourth-order valence-electron chi connectivity index (χ4n) is 8.13. The smallest absolute Gasteiger partial charge is 0.249 e. The van der Waals surface area contributed by atoms with Crippen molar-refractivity contribution in [3.63, 3.8) is 0 Å². The van der Waals surface area contributed by atoms with Crippen LogP contribution in [-0.4, -0.2) is 24.1 Å². The molecule has 0 radical (unpaired) electrons. The summed E-state index contributed by atoms with van der Waals surface area (Å²) in [7, 11) is 0. The first-order valence-electron chi connectivity index (χ1n) is 12.5. The highest BCUT2D eigenvalue weighted by Gasteiger charge is 2.61. The lowest BCUT2D eigenvalue weighted by atomic mass is 9.47. The van der Waals surface area contributed by atoms with E-state index in [4.69, 9.17) is 11.6 Å². The molecule has 1 aliphatic heterocycles. The van der Waals surface area contributed by atoms with E-state index in [1.165, 1.54) is 12.1 Å². The minimum absolute atomic E-state index is 0.0159. The SMILES string of the molecule is C[C@]12CCC(=O)NC1CC[C@@H]1[C@H]2CC[C@]2(C)C(C(=O)N=CCc3cc(Cl)ccc3F)CC[C@@H]12. The van der Waals surface area contributed by atoms with Crippen molar-refractivity contribution >= 4 is 29.6 Å². The number of benzene rings is 1. The van der Waals surface area contributed by atoms with Gasteiger partial charge < -0.3 is 5.32 Å². The Kier molecular flexibility index (Phi) is 5.91. The van der Waals surface area contributed by atoms with Gasteiger partial charge in [0.05, 0.1) is 0 Å². The van der Waals surface area contributed by atoms with E-state index in [9.17, 15) is 14.0 Å². The fraction of sp³-hybridized carbons (Fsp3) is 0.667. The molecular weight excluding hydrogens is 439 g/mol. The number of carbonyl (C=O) groups is 2. The topological polar surface area (TPSA) is 58.5 Å². The molecule has 4 aliphatic rings. The lowest BCUT2D eigenvalue weighted by Gasteiger charge is -2.60. The number of nitrogens with one attached hydrogen (secondary N) is 1. The Labute approximate surface area is 200 Å². The van der Waals surface area contributed by atoms with Crippen molar-refractivity contribution in [2.24, 2.45) is 39.5 Å². The van der Waals surface area contributed by atoms with Crippen LogP contribution in [0, 0.1) is 40.3 Å². The third kappa shape index (κ3) is 3.84. The van der Waals surface area contributed by atoms with Gasteiger partial charge in [-0.2, -0.15) is 0 Å². The molecule has 2 amide bonds. The monoisotopic (exact) mass is 472 g/mol. The minimum atomic E-state index is -0.326. The second-order valence-corrected chi connectivity index (χ2v) is 11.8. The Hall–Kier alpha value is -1.75. The minimum Gasteiger partial charge on any atom is -0.353 e. The van der Waals surface area contributed by atoms with Crippen molar-refractivity contribution in [1.29, 1.82) is 0 Å². The van der Waals surface area contributed by atoms with Crippen molar-refractivity contribution in [2.45, 2.75) is 77.7 Å². The summed E-state index contributed by atoms with van der Waals surface area (Å²) in [5.41, 5.74) is 0.622. The first-order valence-corrected chi connectivity index (χ1v) is 12.9. The third-order valence-electron chi connectivity index (χ3n) is 9.93. The average Bonchev–Trinajstić information content (AvgIpc) is 3.14. The van der Waals surface area contributed by atoms with E-state index in [2.05, 4.69) is 24.2 Å². The van der Waals surface area contributed by atoms with Gasteiger partial charge in [-0.15, -0.1) is 0 Å². The van der Waals surface area contributed by atoms with E-state index in [1.54, 1.807) is 12.3 Å². The zero-order chi connectivity index (χ0) is 23.4. The van der Waals surface area contributed by atoms with Gasteiger partial charge in [0.1, 0.15) is 5.82 Å². The second kappa shape index (κ2) is 8.48. The number of carbonyl (C=O) groups excluding carboxylic acids is 2. The molecule has 1 aromatic carbocycles. The van der Waals surface area contributed by atoms with Crippen molar-refractivity contribution in [3.8, 4) is 0 Å². The summed E-state index contributed by atoms with van der Waals surface area (Å²) in [5, 5.41) is 3.77. The van der Waals surface area contributed by atoms with Crippen LogP contribution in [0.5, 0.6) is 0 Å². The Morgan fingerprint density at radius 2 is 1.94 bits per heavy atom. The Morgan fingerprint density at radius 1 is 1.15 bits per heavy atom. The van der Waals surface area contributed by atoms with Crippen LogP contribution >= 0.6 is 11.6 Å². The van der Waals surface area contributed by atoms with Crippen LogP contribution in [0.15, 0.2) is 23.2 Å². The van der Waals surface area contributed by atoms with Crippen LogP contribution in [0.25, 0.3) is 0 Å². The molecule has 7 atom stereocenters. The van der Waals surface area contributed by atoms with Crippen molar-refractivity contribution in [1.82, 2.24) is 5.32 Å². The largest absolute Gasteiger partial charge is 0.353 e. The van der Waals surface area contributed by atoms with Gasteiger partial charge in [0, 0.05) is 36.0 Å². The summed E-state index contributed by atoms with van der Waals surface area (Å²) in [6.07, 6.45) is 9.79. The molecule has 0 spiro atoms. The molecule has 6 heteroatoms. The van der Waals surface area contributed by atoms with Gasteiger partial charge in [0.15, 0.2) is 0 Å². The zero-order valence-corrected chi connectivity index (χ0v) is 20.3. The molecule has 4 nitrogen and oxygen atoms in total. The molecule has 4 fully saturated rings. The second-order valence-electron chi connectivity index (χ2n) is 11.3. The number of hydrogen-bond acceptors (Lipinski definition) is 2. The maximum Gasteiger partial charge on any atom is 0.249 e. The quantitative estimate of drug-likeness (QED) is 0.569. The molecule has 1 heterocycles. The van der Waals surface area contributed by atoms with Gasteiger partial charge in [-0.3, -0.25) is 9.59 Å². The Balaban J connectivity index is 1.29. The predicted molar refractivity (Wildman–Crippen MR) is 128 cm³/mol. The highest BCUT2D eigenvalue weighted by molar-refractivity contribution is 6.30. The fourth-order valence-corrected chi connectivity index (χ4v) is 8.33. The molecule has 178 valence electrons. The van der Waals surface area contributed by atoms with E-state index in [0.29, 0.717) is 40.8 Å². The number of piperidine rings is 1. The van der Waals surface area contributed by atoms with Crippen LogP contribution in [0.4, 0.5) is 4.39 Å². The normalized spacial score (nSPS) is 40.1. The lowest BCUT2D eigenvalue weighted by Crippen LogP contribution is -2.61. The third-order valence-corrected chi connectivity index (χ3v) is 10.2. The number of nitrogens with zero attached hydrogens (tertiary/aromatic N) is 1. The van der Waals surface area contributed by atoms with Crippen molar-refractivity contribution in [2.75, 3.05) is 0 Å². The molecule has 3 saturated carbocycles. The van der Waals surface area contributed by atoms with Gasteiger partial charge in [-0.05, 0) is 97.3 Å². The number of hydrogen-bond donors (Lipinski definition) is 1. The summed E-state index contributed by atoms with van der Waals surface area (Å²) >= 11 is 5.97. The molecule has 5 rings (SSSR count). The van der Waals surface area contributed by atoms with Crippen LogP contribution in [0.1, 0.15) is 70.8 Å². The van der Waals surface area contributed by atoms with Crippen LogP contribution in [0.2, 0.25) is 5.02 Å². The van der Waals surface area contributed by atoms with Crippen LogP contribution in [-0.2, 0) is 16.0 Å². The number of halogens is 2. The first kappa shape index (κ1) is 23.0. The predicted octanol–water partition coefficient (Wildman–Crippen LogP) is 5.76. The van der Waals surface area contributed by atoms with E-state index in [1.807, 2.05) is 0 Å². The van der Waals surface area contributed by atoms with E-state index >= 15 is 0 Å². The van der Waals surface area contributed by atoms with Gasteiger partial charge in [0.25, 0.3) is 0 Å². The maximum absolute atomic E-state index is 14.0. The summed E-state index contributed by atoms with van der Waals surface area (Å²) in [5.74, 6) is 1.57. The maximum atomic E-state index is 14.0. The summed E-state index contributed by atoms with van der Waals surface area (Å²) in [6, 6.07) is 4.76. The number of fused-ring (bicyclic) bond motifs is 5. The zero-order valence-electron chi connectivity index (χ0n) is 19.6. The van der Waals surface area contributed by atoms with Crippen molar-refractivity contribution in [3.05, 3.63) is 34.6 Å². The molecule has 0 aromatic heterocycles. The molecular formula is C27H34ClFN2O2. The average molecular weight is 473 g/mol. The summed E-state index contributed by atoms with van der Waals surface area (Å²) < 4.78 is 14.0. The van der Waals surface area contributed by atoms with Gasteiger partial charge >= 0.3 is 0 Å². The van der Waals surface area contributed by atoms with Crippen molar-refractivity contribution < 1.29 is 14.0 Å². The molecule has 1 aromatic rings. The first-order chi connectivity index (χ1) is 15.7. The highest BCUT2D eigenvalue weighted by atomic mass is 35.5. The van der Waals surface area contributed by atoms with Crippen LogP contribution in [0.3, 0.4) is 0 Å². The molecule has 2 unspecified atom stereocenters. The summed E-state index contributed by atoms with van der Waals surface area (Å²) in [4.78, 5) is 29.4. The molecule has 1 saturated heterocycles. The van der Waals surface area contributed by atoms with E-state index in [0.717, 1.165) is 44.9 Å². The van der Waals surface area contributed by atoms with E-state index in [-0.39, 0.29) is 40.8 Å². The van der Waals surface area contributed by atoms with Gasteiger partial charge in [0.2, 0.25) is 11.8 Å². The Morgan fingerprint density at radius 3 is 2.76 bits per heavy atom. The molecule has 33 heavy (non-hydrogen) atoms. The van der Waals surface area contributed by atoms with Crippen LogP contribution < -0.4 is 5.32 Å². The number of aliphatic imine (C=N–C) groups is 1. The molecule has 1 N–H and O–H groups in total. The van der Waals surface area contributed by atoms with Gasteiger partial charge in [-0.25, -0.2) is 9.38 Å².